The minimum absolute atomic E-state index is 0.0690. The van der Waals surface area contributed by atoms with Crippen LogP contribution in [0, 0.1) is 0 Å². The van der Waals surface area contributed by atoms with E-state index in [2.05, 4.69) is 15.4 Å². The van der Waals surface area contributed by atoms with E-state index in [9.17, 15) is 9.59 Å². The molecule has 0 aliphatic rings. The topological polar surface area (TPSA) is 67.4 Å². The lowest BCUT2D eigenvalue weighted by molar-refractivity contribution is -0.141. The number of hydrogen-bond donors (Lipinski definition) is 2. The first-order valence-corrected chi connectivity index (χ1v) is 7.54. The SMILES string of the molecule is COC(=O)CC(NC(=O)CCNC(C)C)c1cccs1. The van der Waals surface area contributed by atoms with Crippen LogP contribution in [0.3, 0.4) is 0 Å². The van der Waals surface area contributed by atoms with Crippen molar-refractivity contribution in [3.8, 4) is 0 Å². The van der Waals surface area contributed by atoms with Crippen LogP contribution in [0.2, 0.25) is 0 Å². The van der Waals surface area contributed by atoms with E-state index in [0.29, 0.717) is 19.0 Å². The van der Waals surface area contributed by atoms with Crippen molar-refractivity contribution in [2.24, 2.45) is 0 Å². The smallest absolute Gasteiger partial charge is 0.307 e. The monoisotopic (exact) mass is 298 g/mol. The van der Waals surface area contributed by atoms with Crippen LogP contribution < -0.4 is 10.6 Å². The molecule has 1 rings (SSSR count). The fourth-order valence-electron chi connectivity index (χ4n) is 1.70. The number of amides is 1. The summed E-state index contributed by atoms with van der Waals surface area (Å²) in [4.78, 5) is 24.3. The molecule has 0 saturated carbocycles. The first-order chi connectivity index (χ1) is 9.52. The maximum Gasteiger partial charge on any atom is 0.307 e. The van der Waals surface area contributed by atoms with Gasteiger partial charge in [0.1, 0.15) is 0 Å². The van der Waals surface area contributed by atoms with E-state index < -0.39 is 0 Å². The van der Waals surface area contributed by atoms with Crippen molar-refractivity contribution in [1.82, 2.24) is 10.6 Å². The van der Waals surface area contributed by atoms with Gasteiger partial charge in [-0.1, -0.05) is 19.9 Å². The maximum absolute atomic E-state index is 11.9. The summed E-state index contributed by atoms with van der Waals surface area (Å²) in [5, 5.41) is 8.00. The Bertz CT molecular complexity index is 418. The minimum atomic E-state index is -0.330. The number of rotatable bonds is 8. The van der Waals surface area contributed by atoms with E-state index in [1.54, 1.807) is 0 Å². The first-order valence-electron chi connectivity index (χ1n) is 6.66. The molecular weight excluding hydrogens is 276 g/mol. The highest BCUT2D eigenvalue weighted by atomic mass is 32.1. The van der Waals surface area contributed by atoms with Crippen LogP contribution in [0.25, 0.3) is 0 Å². The Morgan fingerprint density at radius 2 is 2.15 bits per heavy atom. The summed E-state index contributed by atoms with van der Waals surface area (Å²) >= 11 is 1.52. The van der Waals surface area contributed by atoms with Gasteiger partial charge in [-0.15, -0.1) is 11.3 Å². The van der Waals surface area contributed by atoms with Crippen molar-refractivity contribution in [2.45, 2.75) is 38.8 Å². The second-order valence-corrected chi connectivity index (χ2v) is 5.75. The Morgan fingerprint density at radius 1 is 1.40 bits per heavy atom. The molecule has 0 aromatic carbocycles. The van der Waals surface area contributed by atoms with Crippen molar-refractivity contribution < 1.29 is 14.3 Å². The molecule has 0 fully saturated rings. The van der Waals surface area contributed by atoms with Crippen LogP contribution in [0.1, 0.15) is 37.6 Å². The van der Waals surface area contributed by atoms with Gasteiger partial charge in [0.25, 0.3) is 0 Å². The van der Waals surface area contributed by atoms with Gasteiger partial charge in [0.15, 0.2) is 0 Å². The van der Waals surface area contributed by atoms with E-state index in [1.165, 1.54) is 18.4 Å². The molecule has 2 N–H and O–H groups in total. The Labute approximate surface area is 123 Å². The molecule has 1 aromatic heterocycles. The number of carbonyl (C=O) groups excluding carboxylic acids is 2. The Balaban J connectivity index is 2.52. The van der Waals surface area contributed by atoms with Crippen LogP contribution in [-0.2, 0) is 14.3 Å². The van der Waals surface area contributed by atoms with Crippen LogP contribution in [-0.4, -0.2) is 31.6 Å². The predicted molar refractivity (Wildman–Crippen MR) is 79.6 cm³/mol. The maximum atomic E-state index is 11.9. The first kappa shape index (κ1) is 16.7. The summed E-state index contributed by atoms with van der Waals surface area (Å²) in [7, 11) is 1.35. The van der Waals surface area contributed by atoms with E-state index in [-0.39, 0.29) is 24.3 Å². The largest absolute Gasteiger partial charge is 0.469 e. The molecule has 5 nitrogen and oxygen atoms in total. The molecule has 112 valence electrons. The average molecular weight is 298 g/mol. The number of thiophene rings is 1. The van der Waals surface area contributed by atoms with Crippen LogP contribution >= 0.6 is 11.3 Å². The molecule has 1 unspecified atom stereocenters. The average Bonchev–Trinajstić information content (AvgIpc) is 2.91. The molecule has 0 saturated heterocycles. The Morgan fingerprint density at radius 3 is 2.70 bits per heavy atom. The number of nitrogens with one attached hydrogen (secondary N) is 2. The van der Waals surface area contributed by atoms with E-state index in [4.69, 9.17) is 0 Å². The third-order valence-electron chi connectivity index (χ3n) is 2.72. The predicted octanol–water partition coefficient (Wildman–Crippen LogP) is 1.86. The molecule has 1 aromatic rings. The van der Waals surface area contributed by atoms with E-state index in [1.807, 2.05) is 31.4 Å². The quantitative estimate of drug-likeness (QED) is 0.719. The summed E-state index contributed by atoms with van der Waals surface area (Å²) in [6.07, 6.45) is 0.543. The summed E-state index contributed by atoms with van der Waals surface area (Å²) in [6, 6.07) is 3.85. The highest BCUT2D eigenvalue weighted by Gasteiger charge is 2.19. The molecule has 1 heterocycles. The van der Waals surface area contributed by atoms with Crippen LogP contribution in [0.15, 0.2) is 17.5 Å². The number of esters is 1. The van der Waals surface area contributed by atoms with Gasteiger partial charge < -0.3 is 15.4 Å². The molecule has 20 heavy (non-hydrogen) atoms. The van der Waals surface area contributed by atoms with Gasteiger partial charge in [0, 0.05) is 23.9 Å². The van der Waals surface area contributed by atoms with Crippen molar-refractivity contribution in [3.63, 3.8) is 0 Å². The number of ether oxygens (including phenoxy) is 1. The molecule has 6 heteroatoms. The molecule has 0 aliphatic carbocycles. The molecule has 0 aliphatic heterocycles. The summed E-state index contributed by atoms with van der Waals surface area (Å²) in [5.74, 6) is -0.399. The van der Waals surface area contributed by atoms with Gasteiger partial charge in [0.2, 0.25) is 5.91 Å². The Hall–Kier alpha value is -1.40. The van der Waals surface area contributed by atoms with Crippen molar-refractivity contribution in [1.29, 1.82) is 0 Å². The standard InChI is InChI=1S/C14H22N2O3S/c1-10(2)15-7-6-13(17)16-11(9-14(18)19-3)12-5-4-8-20-12/h4-5,8,10-11,15H,6-7,9H2,1-3H3,(H,16,17). The van der Waals surface area contributed by atoms with Gasteiger partial charge in [0.05, 0.1) is 19.6 Å². The number of methoxy groups -OCH3 is 1. The van der Waals surface area contributed by atoms with Gasteiger partial charge in [-0.25, -0.2) is 0 Å². The second kappa shape index (κ2) is 8.71. The summed E-state index contributed by atoms with van der Waals surface area (Å²) in [5.41, 5.74) is 0. The molecule has 0 bridgehead atoms. The lowest BCUT2D eigenvalue weighted by Crippen LogP contribution is -2.33. The van der Waals surface area contributed by atoms with E-state index in [0.717, 1.165) is 4.88 Å². The van der Waals surface area contributed by atoms with Crippen LogP contribution in [0.4, 0.5) is 0 Å². The number of hydrogen-bond acceptors (Lipinski definition) is 5. The lowest BCUT2D eigenvalue weighted by Gasteiger charge is -2.17. The van der Waals surface area contributed by atoms with Crippen molar-refractivity contribution >= 4 is 23.2 Å². The molecular formula is C14H22N2O3S. The molecule has 0 radical (unpaired) electrons. The zero-order valence-corrected chi connectivity index (χ0v) is 13.0. The second-order valence-electron chi connectivity index (χ2n) is 4.77. The summed E-state index contributed by atoms with van der Waals surface area (Å²) < 4.78 is 4.67. The fourth-order valence-corrected chi connectivity index (χ4v) is 2.48. The zero-order chi connectivity index (χ0) is 15.0. The van der Waals surface area contributed by atoms with Gasteiger partial charge >= 0.3 is 5.97 Å². The third kappa shape index (κ3) is 6.16. The molecule has 1 atom stereocenters. The van der Waals surface area contributed by atoms with Gasteiger partial charge in [-0.05, 0) is 11.4 Å². The normalized spacial score (nSPS) is 12.2. The van der Waals surface area contributed by atoms with Crippen molar-refractivity contribution in [2.75, 3.05) is 13.7 Å². The minimum Gasteiger partial charge on any atom is -0.469 e. The highest BCUT2D eigenvalue weighted by Crippen LogP contribution is 2.22. The summed E-state index contributed by atoms with van der Waals surface area (Å²) in [6.45, 7) is 4.69. The fraction of sp³-hybridized carbons (Fsp3) is 0.571. The van der Waals surface area contributed by atoms with Crippen molar-refractivity contribution in [3.05, 3.63) is 22.4 Å². The molecule has 1 amide bonds. The Kier molecular flexibility index (Phi) is 7.25. The zero-order valence-electron chi connectivity index (χ0n) is 12.1. The number of carbonyl (C=O) groups is 2. The third-order valence-corrected chi connectivity index (χ3v) is 3.71. The molecule has 0 spiro atoms. The lowest BCUT2D eigenvalue weighted by atomic mass is 10.1. The highest BCUT2D eigenvalue weighted by molar-refractivity contribution is 7.10. The van der Waals surface area contributed by atoms with Gasteiger partial charge in [-0.3, -0.25) is 9.59 Å². The van der Waals surface area contributed by atoms with E-state index >= 15 is 0 Å². The van der Waals surface area contributed by atoms with Crippen LogP contribution in [0.5, 0.6) is 0 Å². The van der Waals surface area contributed by atoms with Gasteiger partial charge in [-0.2, -0.15) is 0 Å².